The van der Waals surface area contributed by atoms with E-state index in [0.717, 1.165) is 12.1 Å². The fourth-order valence-corrected chi connectivity index (χ4v) is 5.64. The highest BCUT2D eigenvalue weighted by Gasteiger charge is 2.17. The molecule has 33 heavy (non-hydrogen) atoms. The molecule has 1 nitrogen and oxygen atoms in total. The summed E-state index contributed by atoms with van der Waals surface area (Å²) in [6.07, 6.45) is 0.893. The SMILES string of the molecule is c1ccc(Cc2ccccc2N(c2ccccc2)c2ccc3sc4ccccc4c3c2)cc1. The summed E-state index contributed by atoms with van der Waals surface area (Å²) in [6.45, 7) is 0. The number of anilines is 3. The number of fused-ring (bicyclic) bond motifs is 3. The van der Waals surface area contributed by atoms with Gasteiger partial charge in [-0.2, -0.15) is 0 Å². The molecule has 0 atom stereocenters. The summed E-state index contributed by atoms with van der Waals surface area (Å²) in [5.74, 6) is 0. The van der Waals surface area contributed by atoms with Crippen LogP contribution in [-0.4, -0.2) is 0 Å². The lowest BCUT2D eigenvalue weighted by Gasteiger charge is -2.28. The average molecular weight is 442 g/mol. The van der Waals surface area contributed by atoms with Crippen LogP contribution in [0.1, 0.15) is 11.1 Å². The molecule has 5 aromatic carbocycles. The highest BCUT2D eigenvalue weighted by Crippen LogP contribution is 2.41. The van der Waals surface area contributed by atoms with E-state index in [4.69, 9.17) is 0 Å². The van der Waals surface area contributed by atoms with Crippen molar-refractivity contribution in [2.24, 2.45) is 0 Å². The van der Waals surface area contributed by atoms with Gasteiger partial charge in [0, 0.05) is 37.2 Å². The van der Waals surface area contributed by atoms with Crippen LogP contribution in [0.15, 0.2) is 127 Å². The normalized spacial score (nSPS) is 11.2. The van der Waals surface area contributed by atoms with Gasteiger partial charge in [0.25, 0.3) is 0 Å². The van der Waals surface area contributed by atoms with Gasteiger partial charge in [0.05, 0.1) is 0 Å². The molecule has 0 aliphatic rings. The zero-order valence-electron chi connectivity index (χ0n) is 18.2. The summed E-state index contributed by atoms with van der Waals surface area (Å²) in [5.41, 5.74) is 6.18. The first kappa shape index (κ1) is 19.8. The largest absolute Gasteiger partial charge is 0.310 e. The van der Waals surface area contributed by atoms with E-state index in [-0.39, 0.29) is 0 Å². The fourth-order valence-electron chi connectivity index (χ4n) is 4.55. The van der Waals surface area contributed by atoms with Crippen LogP contribution < -0.4 is 4.90 Å². The Morgan fingerprint density at radius 1 is 0.515 bits per heavy atom. The molecule has 6 rings (SSSR count). The molecule has 2 heteroatoms. The van der Waals surface area contributed by atoms with Gasteiger partial charge in [0.2, 0.25) is 0 Å². The Morgan fingerprint density at radius 2 is 1.18 bits per heavy atom. The van der Waals surface area contributed by atoms with Gasteiger partial charge in [-0.3, -0.25) is 0 Å². The van der Waals surface area contributed by atoms with Crippen LogP contribution in [0.25, 0.3) is 20.2 Å². The Morgan fingerprint density at radius 3 is 2.03 bits per heavy atom. The molecule has 158 valence electrons. The van der Waals surface area contributed by atoms with Crippen LogP contribution in [0, 0.1) is 0 Å². The van der Waals surface area contributed by atoms with Crippen LogP contribution in [0.4, 0.5) is 17.1 Å². The van der Waals surface area contributed by atoms with Crippen molar-refractivity contribution < 1.29 is 0 Å². The summed E-state index contributed by atoms with van der Waals surface area (Å²) < 4.78 is 2.66. The second kappa shape index (κ2) is 8.57. The van der Waals surface area contributed by atoms with Gasteiger partial charge in [-0.1, -0.05) is 84.9 Å². The summed E-state index contributed by atoms with van der Waals surface area (Å²) in [5, 5.41) is 2.64. The highest BCUT2D eigenvalue weighted by molar-refractivity contribution is 7.25. The molecule has 0 unspecified atom stereocenters. The molecule has 0 saturated heterocycles. The minimum atomic E-state index is 0.893. The zero-order valence-corrected chi connectivity index (χ0v) is 19.0. The van der Waals surface area contributed by atoms with Gasteiger partial charge in [-0.15, -0.1) is 11.3 Å². The number of hydrogen-bond donors (Lipinski definition) is 0. The number of hydrogen-bond acceptors (Lipinski definition) is 2. The Bertz CT molecular complexity index is 1530. The molecule has 0 amide bonds. The topological polar surface area (TPSA) is 3.24 Å². The van der Waals surface area contributed by atoms with Gasteiger partial charge < -0.3 is 4.90 Å². The van der Waals surface area contributed by atoms with Crippen molar-refractivity contribution in [1.29, 1.82) is 0 Å². The maximum absolute atomic E-state index is 2.39. The van der Waals surface area contributed by atoms with Crippen LogP contribution in [0.2, 0.25) is 0 Å². The van der Waals surface area contributed by atoms with Crippen molar-refractivity contribution in [3.05, 3.63) is 139 Å². The summed E-state index contributed by atoms with van der Waals surface area (Å²) in [7, 11) is 0. The molecule has 0 spiro atoms. The molecule has 1 aromatic heterocycles. The number of para-hydroxylation sites is 2. The first-order valence-electron chi connectivity index (χ1n) is 11.3. The summed E-state index contributed by atoms with van der Waals surface area (Å²) in [4.78, 5) is 2.39. The Hall–Kier alpha value is -3.88. The number of thiophene rings is 1. The number of rotatable bonds is 5. The van der Waals surface area contributed by atoms with E-state index in [9.17, 15) is 0 Å². The minimum Gasteiger partial charge on any atom is -0.310 e. The molecule has 1 heterocycles. The smallest absolute Gasteiger partial charge is 0.0496 e. The third-order valence-corrected chi connectivity index (χ3v) is 7.25. The third kappa shape index (κ3) is 3.79. The van der Waals surface area contributed by atoms with Gasteiger partial charge in [0.1, 0.15) is 0 Å². The monoisotopic (exact) mass is 441 g/mol. The van der Waals surface area contributed by atoms with Gasteiger partial charge in [0.15, 0.2) is 0 Å². The molecule has 0 saturated carbocycles. The van der Waals surface area contributed by atoms with Crippen LogP contribution in [-0.2, 0) is 6.42 Å². The van der Waals surface area contributed by atoms with Crippen molar-refractivity contribution in [3.8, 4) is 0 Å². The quantitative estimate of drug-likeness (QED) is 0.258. The predicted octanol–water partition coefficient (Wildman–Crippen LogP) is 9.12. The molecule has 0 N–H and O–H groups in total. The molecule has 0 aliphatic heterocycles. The van der Waals surface area contributed by atoms with Crippen molar-refractivity contribution in [3.63, 3.8) is 0 Å². The summed E-state index contributed by atoms with van der Waals surface area (Å²) >= 11 is 1.86. The zero-order chi connectivity index (χ0) is 22.0. The molecular weight excluding hydrogens is 418 g/mol. The van der Waals surface area contributed by atoms with Gasteiger partial charge in [-0.25, -0.2) is 0 Å². The predicted molar refractivity (Wildman–Crippen MR) is 143 cm³/mol. The summed E-state index contributed by atoms with van der Waals surface area (Å²) in [6, 6.07) is 45.7. The Kier molecular flexibility index (Phi) is 5.14. The first-order chi connectivity index (χ1) is 16.4. The van der Waals surface area contributed by atoms with Crippen LogP contribution >= 0.6 is 11.3 Å². The second-order valence-electron chi connectivity index (χ2n) is 8.24. The van der Waals surface area contributed by atoms with E-state index in [2.05, 4.69) is 132 Å². The lowest BCUT2D eigenvalue weighted by Crippen LogP contribution is -2.12. The van der Waals surface area contributed by atoms with E-state index in [0.29, 0.717) is 0 Å². The van der Waals surface area contributed by atoms with Crippen molar-refractivity contribution in [2.45, 2.75) is 6.42 Å². The van der Waals surface area contributed by atoms with Crippen molar-refractivity contribution in [2.75, 3.05) is 4.90 Å². The number of nitrogens with zero attached hydrogens (tertiary/aromatic N) is 1. The molecular formula is C31H23NS. The maximum Gasteiger partial charge on any atom is 0.0496 e. The molecule has 6 aromatic rings. The van der Waals surface area contributed by atoms with Crippen molar-refractivity contribution >= 4 is 48.6 Å². The highest BCUT2D eigenvalue weighted by atomic mass is 32.1. The standard InChI is InChI=1S/C31H23NS/c1-3-11-23(12-4-1)21-24-13-7-9-17-29(24)32(25-14-5-2-6-15-25)26-19-20-31-28(22-26)27-16-8-10-18-30(27)33-31/h1-20,22H,21H2. The minimum absolute atomic E-state index is 0.893. The van der Waals surface area contributed by atoms with Gasteiger partial charge in [-0.05, 0) is 60.0 Å². The Balaban J connectivity index is 1.54. The van der Waals surface area contributed by atoms with Crippen molar-refractivity contribution in [1.82, 2.24) is 0 Å². The fraction of sp³-hybridized carbons (Fsp3) is 0.0323. The second-order valence-corrected chi connectivity index (χ2v) is 9.32. The lowest BCUT2D eigenvalue weighted by atomic mass is 10.0. The van der Waals surface area contributed by atoms with Crippen LogP contribution in [0.5, 0.6) is 0 Å². The molecule has 0 bridgehead atoms. The maximum atomic E-state index is 2.39. The van der Waals surface area contributed by atoms with E-state index >= 15 is 0 Å². The van der Waals surface area contributed by atoms with E-state index in [1.165, 1.54) is 42.7 Å². The molecule has 0 aliphatic carbocycles. The van der Waals surface area contributed by atoms with E-state index in [1.807, 2.05) is 11.3 Å². The first-order valence-corrected chi connectivity index (χ1v) is 12.1. The average Bonchev–Trinajstić information content (AvgIpc) is 3.25. The Labute approximate surface area is 198 Å². The molecule has 0 radical (unpaired) electrons. The van der Waals surface area contributed by atoms with Gasteiger partial charge >= 0.3 is 0 Å². The van der Waals surface area contributed by atoms with E-state index in [1.54, 1.807) is 0 Å². The number of benzene rings is 5. The van der Waals surface area contributed by atoms with Crippen LogP contribution in [0.3, 0.4) is 0 Å². The third-order valence-electron chi connectivity index (χ3n) is 6.10. The van der Waals surface area contributed by atoms with E-state index < -0.39 is 0 Å². The lowest BCUT2D eigenvalue weighted by molar-refractivity contribution is 1.16. The molecule has 0 fully saturated rings.